The summed E-state index contributed by atoms with van der Waals surface area (Å²) in [6.07, 6.45) is 4.88. The molecule has 1 aliphatic carbocycles. The molecule has 4 nitrogen and oxygen atoms in total. The molecule has 18 heavy (non-hydrogen) atoms. The number of aliphatic hydroxyl groups is 1. The lowest BCUT2D eigenvalue weighted by molar-refractivity contribution is -0.0463. The van der Waals surface area contributed by atoms with Crippen molar-refractivity contribution >= 4 is 0 Å². The van der Waals surface area contributed by atoms with E-state index in [0.717, 1.165) is 18.4 Å². The SMILES string of the molecule is CCOc1cncc(C(O)C(OCC)C2CC2)c1. The van der Waals surface area contributed by atoms with Crippen molar-refractivity contribution in [2.24, 2.45) is 5.92 Å². The van der Waals surface area contributed by atoms with Crippen LogP contribution in [0.2, 0.25) is 0 Å². The summed E-state index contributed by atoms with van der Waals surface area (Å²) in [6.45, 7) is 5.10. The van der Waals surface area contributed by atoms with E-state index in [1.807, 2.05) is 19.9 Å². The molecule has 0 bridgehead atoms. The van der Waals surface area contributed by atoms with Crippen LogP contribution in [-0.4, -0.2) is 29.4 Å². The number of aromatic nitrogens is 1. The minimum atomic E-state index is -0.620. The van der Waals surface area contributed by atoms with Gasteiger partial charge in [0.05, 0.1) is 18.9 Å². The number of pyridine rings is 1. The Morgan fingerprint density at radius 2 is 2.11 bits per heavy atom. The molecule has 2 atom stereocenters. The van der Waals surface area contributed by atoms with Gasteiger partial charge in [-0.05, 0) is 38.7 Å². The van der Waals surface area contributed by atoms with Crippen molar-refractivity contribution in [2.45, 2.75) is 38.9 Å². The highest BCUT2D eigenvalue weighted by atomic mass is 16.5. The van der Waals surface area contributed by atoms with Crippen LogP contribution in [0.5, 0.6) is 5.75 Å². The average molecular weight is 251 g/mol. The van der Waals surface area contributed by atoms with Gasteiger partial charge >= 0.3 is 0 Å². The van der Waals surface area contributed by atoms with E-state index in [9.17, 15) is 5.11 Å². The lowest BCUT2D eigenvalue weighted by atomic mass is 10.0. The largest absolute Gasteiger partial charge is 0.492 e. The molecule has 2 rings (SSSR count). The molecule has 1 heterocycles. The van der Waals surface area contributed by atoms with Gasteiger partial charge in [0.25, 0.3) is 0 Å². The molecule has 0 spiro atoms. The van der Waals surface area contributed by atoms with E-state index in [2.05, 4.69) is 4.98 Å². The first-order valence-electron chi connectivity index (χ1n) is 6.63. The van der Waals surface area contributed by atoms with E-state index in [4.69, 9.17) is 9.47 Å². The van der Waals surface area contributed by atoms with E-state index in [0.29, 0.717) is 24.9 Å². The summed E-state index contributed by atoms with van der Waals surface area (Å²) < 4.78 is 11.1. The summed E-state index contributed by atoms with van der Waals surface area (Å²) in [5.74, 6) is 1.18. The summed E-state index contributed by atoms with van der Waals surface area (Å²) in [5.41, 5.74) is 0.770. The molecule has 0 radical (unpaired) electrons. The Balaban J connectivity index is 2.10. The number of aliphatic hydroxyl groups excluding tert-OH is 1. The third-order valence-corrected chi connectivity index (χ3v) is 3.14. The van der Waals surface area contributed by atoms with Crippen molar-refractivity contribution in [2.75, 3.05) is 13.2 Å². The second-order valence-corrected chi connectivity index (χ2v) is 4.59. The molecular weight excluding hydrogens is 230 g/mol. The molecule has 0 amide bonds. The summed E-state index contributed by atoms with van der Waals surface area (Å²) in [4.78, 5) is 4.11. The van der Waals surface area contributed by atoms with Crippen molar-refractivity contribution in [3.8, 4) is 5.75 Å². The maximum Gasteiger partial charge on any atom is 0.137 e. The van der Waals surface area contributed by atoms with Crippen LogP contribution in [0.15, 0.2) is 18.5 Å². The average Bonchev–Trinajstić information content (AvgIpc) is 3.20. The molecule has 100 valence electrons. The Morgan fingerprint density at radius 3 is 2.72 bits per heavy atom. The highest BCUT2D eigenvalue weighted by molar-refractivity contribution is 5.26. The zero-order chi connectivity index (χ0) is 13.0. The van der Waals surface area contributed by atoms with Gasteiger partial charge in [0.1, 0.15) is 11.9 Å². The van der Waals surface area contributed by atoms with E-state index in [1.165, 1.54) is 0 Å². The minimum Gasteiger partial charge on any atom is -0.492 e. The monoisotopic (exact) mass is 251 g/mol. The van der Waals surface area contributed by atoms with Gasteiger partial charge < -0.3 is 14.6 Å². The predicted octanol–water partition coefficient (Wildman–Crippen LogP) is 2.33. The second kappa shape index (κ2) is 6.16. The summed E-state index contributed by atoms with van der Waals surface area (Å²) in [5, 5.41) is 10.4. The molecule has 0 aromatic carbocycles. The van der Waals surface area contributed by atoms with Crippen LogP contribution in [0.4, 0.5) is 0 Å². The van der Waals surface area contributed by atoms with Crippen molar-refractivity contribution < 1.29 is 14.6 Å². The van der Waals surface area contributed by atoms with E-state index >= 15 is 0 Å². The molecule has 1 aromatic heterocycles. The highest BCUT2D eigenvalue weighted by Gasteiger charge is 2.37. The molecule has 1 N–H and O–H groups in total. The maximum atomic E-state index is 10.4. The van der Waals surface area contributed by atoms with E-state index in [1.54, 1.807) is 12.4 Å². The maximum absolute atomic E-state index is 10.4. The Labute approximate surface area is 108 Å². The zero-order valence-electron chi connectivity index (χ0n) is 11.0. The van der Waals surface area contributed by atoms with E-state index < -0.39 is 6.10 Å². The quantitative estimate of drug-likeness (QED) is 0.808. The first kappa shape index (κ1) is 13.3. The fourth-order valence-corrected chi connectivity index (χ4v) is 2.13. The van der Waals surface area contributed by atoms with Gasteiger partial charge in [-0.1, -0.05) is 0 Å². The van der Waals surface area contributed by atoms with Crippen LogP contribution in [0, 0.1) is 5.92 Å². The fraction of sp³-hybridized carbons (Fsp3) is 0.643. The van der Waals surface area contributed by atoms with Gasteiger partial charge in [0.15, 0.2) is 0 Å². The number of hydrogen-bond acceptors (Lipinski definition) is 4. The number of rotatable bonds is 7. The topological polar surface area (TPSA) is 51.6 Å². The second-order valence-electron chi connectivity index (χ2n) is 4.59. The van der Waals surface area contributed by atoms with Crippen molar-refractivity contribution in [3.05, 3.63) is 24.0 Å². The number of hydrogen-bond donors (Lipinski definition) is 1. The summed E-state index contributed by atoms with van der Waals surface area (Å²) in [6, 6.07) is 1.84. The normalized spacial score (nSPS) is 18.4. The molecule has 1 saturated carbocycles. The molecule has 2 unspecified atom stereocenters. The lowest BCUT2D eigenvalue weighted by Crippen LogP contribution is -2.24. The highest BCUT2D eigenvalue weighted by Crippen LogP contribution is 2.40. The van der Waals surface area contributed by atoms with Gasteiger partial charge in [-0.15, -0.1) is 0 Å². The first-order chi connectivity index (χ1) is 8.76. The third kappa shape index (κ3) is 3.21. The van der Waals surface area contributed by atoms with Crippen LogP contribution in [0.25, 0.3) is 0 Å². The molecule has 1 aromatic rings. The minimum absolute atomic E-state index is 0.117. The Bertz CT molecular complexity index is 379. The Morgan fingerprint density at radius 1 is 1.33 bits per heavy atom. The molecule has 1 aliphatic rings. The van der Waals surface area contributed by atoms with E-state index in [-0.39, 0.29) is 6.10 Å². The van der Waals surface area contributed by atoms with Crippen LogP contribution in [0.3, 0.4) is 0 Å². The van der Waals surface area contributed by atoms with Crippen molar-refractivity contribution in [3.63, 3.8) is 0 Å². The van der Waals surface area contributed by atoms with Gasteiger partial charge in [-0.3, -0.25) is 4.98 Å². The fourth-order valence-electron chi connectivity index (χ4n) is 2.13. The van der Waals surface area contributed by atoms with Gasteiger partial charge in [-0.25, -0.2) is 0 Å². The van der Waals surface area contributed by atoms with Crippen LogP contribution >= 0.6 is 0 Å². The molecule has 1 fully saturated rings. The lowest BCUT2D eigenvalue weighted by Gasteiger charge is -2.23. The predicted molar refractivity (Wildman–Crippen MR) is 68.5 cm³/mol. The number of ether oxygens (including phenoxy) is 2. The van der Waals surface area contributed by atoms with Gasteiger partial charge in [-0.2, -0.15) is 0 Å². The van der Waals surface area contributed by atoms with Crippen LogP contribution in [-0.2, 0) is 4.74 Å². The van der Waals surface area contributed by atoms with Crippen molar-refractivity contribution in [1.29, 1.82) is 0 Å². The van der Waals surface area contributed by atoms with Gasteiger partial charge in [0.2, 0.25) is 0 Å². The Hall–Kier alpha value is -1.13. The molecule has 0 saturated heterocycles. The molecule has 4 heteroatoms. The standard InChI is InChI=1S/C14H21NO3/c1-3-17-12-7-11(8-15-9-12)13(16)14(18-4-2)10-5-6-10/h7-10,13-14,16H,3-6H2,1-2H3. The van der Waals surface area contributed by atoms with Crippen molar-refractivity contribution in [1.82, 2.24) is 4.98 Å². The number of nitrogens with zero attached hydrogens (tertiary/aromatic N) is 1. The van der Waals surface area contributed by atoms with Gasteiger partial charge in [0, 0.05) is 18.4 Å². The smallest absolute Gasteiger partial charge is 0.137 e. The summed E-state index contributed by atoms with van der Waals surface area (Å²) in [7, 11) is 0. The molecule has 0 aliphatic heterocycles. The molecular formula is C14H21NO3. The zero-order valence-corrected chi connectivity index (χ0v) is 11.0. The van der Waals surface area contributed by atoms with Crippen LogP contribution < -0.4 is 4.74 Å². The Kier molecular flexibility index (Phi) is 4.55. The first-order valence-corrected chi connectivity index (χ1v) is 6.63. The van der Waals surface area contributed by atoms with Crippen LogP contribution in [0.1, 0.15) is 38.4 Å². The third-order valence-electron chi connectivity index (χ3n) is 3.14. The summed E-state index contributed by atoms with van der Waals surface area (Å²) >= 11 is 0.